The first-order chi connectivity index (χ1) is 8.72. The molecule has 19 heavy (non-hydrogen) atoms. The van der Waals surface area contributed by atoms with Gasteiger partial charge in [-0.2, -0.15) is 0 Å². The van der Waals surface area contributed by atoms with Crippen LogP contribution in [0.25, 0.3) is 0 Å². The van der Waals surface area contributed by atoms with E-state index in [1.807, 2.05) is 18.2 Å². The third-order valence-electron chi connectivity index (χ3n) is 3.19. The fourth-order valence-electron chi connectivity index (χ4n) is 2.16. The molecule has 0 aliphatic carbocycles. The van der Waals surface area contributed by atoms with Crippen molar-refractivity contribution in [2.24, 2.45) is 0 Å². The van der Waals surface area contributed by atoms with Gasteiger partial charge >= 0.3 is 0 Å². The molecule has 0 unspecified atom stereocenters. The Kier molecular flexibility index (Phi) is 6.99. The maximum Gasteiger partial charge on any atom is 0.215 e. The number of hydrogen-bond donors (Lipinski definition) is 1. The standard InChI is InChI=1S/C13H17BrN2O2.BrH/c14-11-3-1-2-4-12(13(11)18)16-7-5-15(6-8-16)9-10-17;/h1-4,17H,5-10H2;1H. The van der Waals surface area contributed by atoms with Crippen LogP contribution in [0.4, 0.5) is 5.69 Å². The molecule has 1 fully saturated rings. The van der Waals surface area contributed by atoms with Crippen LogP contribution in [-0.2, 0) is 0 Å². The molecule has 1 N–H and O–H groups in total. The fraction of sp³-hybridized carbons (Fsp3) is 0.462. The van der Waals surface area contributed by atoms with E-state index in [2.05, 4.69) is 25.7 Å². The Morgan fingerprint density at radius 2 is 1.79 bits per heavy atom. The summed E-state index contributed by atoms with van der Waals surface area (Å²) < 4.78 is 0.597. The normalized spacial score (nSPS) is 16.0. The van der Waals surface area contributed by atoms with E-state index in [1.54, 1.807) is 6.07 Å². The van der Waals surface area contributed by atoms with Gasteiger partial charge < -0.3 is 10.0 Å². The number of hydrogen-bond acceptors (Lipinski definition) is 4. The van der Waals surface area contributed by atoms with E-state index in [4.69, 9.17) is 5.11 Å². The van der Waals surface area contributed by atoms with Gasteiger partial charge in [-0.25, -0.2) is 0 Å². The molecule has 0 atom stereocenters. The van der Waals surface area contributed by atoms with Crippen LogP contribution in [0.3, 0.4) is 0 Å². The van der Waals surface area contributed by atoms with Gasteiger partial charge in [0.05, 0.1) is 16.8 Å². The predicted octanol–water partition coefficient (Wildman–Crippen LogP) is 1.50. The van der Waals surface area contributed by atoms with Crippen LogP contribution in [0.5, 0.6) is 0 Å². The average Bonchev–Trinajstić information content (AvgIpc) is 2.54. The highest BCUT2D eigenvalue weighted by Crippen LogP contribution is 2.13. The Balaban J connectivity index is 0.00000180. The quantitative estimate of drug-likeness (QED) is 0.845. The molecule has 0 spiro atoms. The van der Waals surface area contributed by atoms with Gasteiger partial charge in [-0.15, -0.1) is 17.0 Å². The zero-order valence-electron chi connectivity index (χ0n) is 10.6. The Bertz CT molecular complexity index is 463. The van der Waals surface area contributed by atoms with Crippen molar-refractivity contribution in [1.29, 1.82) is 0 Å². The SMILES string of the molecule is Br.O=c1c(Br)ccccc1N1CCN(CCO)CC1. The van der Waals surface area contributed by atoms with Gasteiger partial charge in [0.1, 0.15) is 0 Å². The largest absolute Gasteiger partial charge is 0.395 e. The van der Waals surface area contributed by atoms with Gasteiger partial charge in [0.25, 0.3) is 0 Å². The average molecular weight is 394 g/mol. The first-order valence-corrected chi connectivity index (χ1v) is 6.88. The van der Waals surface area contributed by atoms with Gasteiger partial charge in [0, 0.05) is 32.7 Å². The molecular weight excluding hydrogens is 376 g/mol. The summed E-state index contributed by atoms with van der Waals surface area (Å²) in [6.45, 7) is 4.33. The second-order valence-electron chi connectivity index (χ2n) is 4.33. The van der Waals surface area contributed by atoms with Gasteiger partial charge in [-0.1, -0.05) is 12.1 Å². The lowest BCUT2D eigenvalue weighted by atomic mass is 10.2. The van der Waals surface area contributed by atoms with Crippen LogP contribution in [0.2, 0.25) is 0 Å². The third kappa shape index (κ3) is 4.27. The van der Waals surface area contributed by atoms with Crippen LogP contribution in [0.1, 0.15) is 0 Å². The van der Waals surface area contributed by atoms with Crippen molar-refractivity contribution >= 4 is 38.6 Å². The summed E-state index contributed by atoms with van der Waals surface area (Å²) in [5, 5.41) is 8.90. The predicted molar refractivity (Wildman–Crippen MR) is 86.5 cm³/mol. The van der Waals surface area contributed by atoms with Crippen molar-refractivity contribution in [2.75, 3.05) is 44.2 Å². The molecule has 6 heteroatoms. The number of anilines is 1. The minimum absolute atomic E-state index is 0. The van der Waals surface area contributed by atoms with E-state index in [0.29, 0.717) is 11.0 Å². The second kappa shape index (κ2) is 7.99. The highest BCUT2D eigenvalue weighted by atomic mass is 79.9. The van der Waals surface area contributed by atoms with Crippen LogP contribution >= 0.6 is 32.9 Å². The molecular formula is C13H18Br2N2O2. The van der Waals surface area contributed by atoms with E-state index in [9.17, 15) is 4.79 Å². The Morgan fingerprint density at radius 3 is 2.42 bits per heavy atom. The summed E-state index contributed by atoms with van der Waals surface area (Å²) in [6, 6.07) is 7.39. The lowest BCUT2D eigenvalue weighted by Gasteiger charge is -2.35. The van der Waals surface area contributed by atoms with Crippen LogP contribution in [0, 0.1) is 0 Å². The molecule has 2 rings (SSSR count). The Morgan fingerprint density at radius 1 is 1.16 bits per heavy atom. The molecule has 1 saturated heterocycles. The number of piperazine rings is 1. The number of nitrogens with zero attached hydrogens (tertiary/aromatic N) is 2. The van der Waals surface area contributed by atoms with Gasteiger partial charge in [-0.3, -0.25) is 9.69 Å². The Labute approximate surface area is 131 Å². The second-order valence-corrected chi connectivity index (χ2v) is 5.19. The monoisotopic (exact) mass is 392 g/mol. The minimum Gasteiger partial charge on any atom is -0.395 e. The molecule has 1 heterocycles. The smallest absolute Gasteiger partial charge is 0.215 e. The van der Waals surface area contributed by atoms with Crippen molar-refractivity contribution in [3.63, 3.8) is 0 Å². The lowest BCUT2D eigenvalue weighted by Crippen LogP contribution is -2.48. The number of aliphatic hydroxyl groups excluding tert-OH is 1. The van der Waals surface area contributed by atoms with Crippen LogP contribution < -0.4 is 10.3 Å². The summed E-state index contributed by atoms with van der Waals surface area (Å²) >= 11 is 3.30. The summed E-state index contributed by atoms with van der Waals surface area (Å²) in [5.74, 6) is 0. The molecule has 0 bridgehead atoms. The number of aliphatic hydroxyl groups is 1. The van der Waals surface area contributed by atoms with E-state index in [1.165, 1.54) is 0 Å². The lowest BCUT2D eigenvalue weighted by molar-refractivity contribution is 0.188. The van der Waals surface area contributed by atoms with Crippen molar-refractivity contribution in [1.82, 2.24) is 4.90 Å². The summed E-state index contributed by atoms with van der Waals surface area (Å²) in [4.78, 5) is 16.5. The molecule has 0 radical (unpaired) electrons. The first-order valence-electron chi connectivity index (χ1n) is 6.09. The Hall–Kier alpha value is -0.430. The molecule has 1 aromatic rings. The molecule has 4 nitrogen and oxygen atoms in total. The maximum atomic E-state index is 12.1. The molecule has 1 aliphatic rings. The molecule has 0 saturated carbocycles. The van der Waals surface area contributed by atoms with E-state index in [-0.39, 0.29) is 29.0 Å². The third-order valence-corrected chi connectivity index (χ3v) is 3.81. The van der Waals surface area contributed by atoms with Crippen molar-refractivity contribution in [3.05, 3.63) is 39.0 Å². The molecule has 0 amide bonds. The van der Waals surface area contributed by atoms with Crippen LogP contribution in [-0.4, -0.2) is 49.3 Å². The summed E-state index contributed by atoms with van der Waals surface area (Å²) in [5.41, 5.74) is 0.783. The maximum absolute atomic E-state index is 12.1. The fourth-order valence-corrected chi connectivity index (χ4v) is 2.52. The summed E-state index contributed by atoms with van der Waals surface area (Å²) in [7, 11) is 0. The zero-order valence-corrected chi connectivity index (χ0v) is 13.9. The molecule has 1 aromatic carbocycles. The molecule has 0 aromatic heterocycles. The number of rotatable bonds is 3. The zero-order chi connectivity index (χ0) is 13.0. The number of halogens is 2. The van der Waals surface area contributed by atoms with Crippen molar-refractivity contribution in [3.8, 4) is 0 Å². The van der Waals surface area contributed by atoms with Gasteiger partial charge in [0.15, 0.2) is 0 Å². The van der Waals surface area contributed by atoms with Gasteiger partial charge in [0.2, 0.25) is 5.43 Å². The first kappa shape index (κ1) is 16.6. The summed E-state index contributed by atoms with van der Waals surface area (Å²) in [6.07, 6.45) is 0. The molecule has 106 valence electrons. The van der Waals surface area contributed by atoms with E-state index in [0.717, 1.165) is 31.9 Å². The van der Waals surface area contributed by atoms with Crippen molar-refractivity contribution < 1.29 is 5.11 Å². The van der Waals surface area contributed by atoms with E-state index >= 15 is 0 Å². The minimum atomic E-state index is 0. The highest BCUT2D eigenvalue weighted by molar-refractivity contribution is 9.10. The number of β-amino-alcohol motifs (C(OH)–C–C–N with tert-alkyl or cyclic N) is 1. The van der Waals surface area contributed by atoms with Crippen LogP contribution in [0.15, 0.2) is 33.5 Å². The highest BCUT2D eigenvalue weighted by Gasteiger charge is 2.18. The van der Waals surface area contributed by atoms with Crippen molar-refractivity contribution in [2.45, 2.75) is 0 Å². The molecule has 1 aliphatic heterocycles. The topological polar surface area (TPSA) is 43.8 Å². The van der Waals surface area contributed by atoms with Gasteiger partial charge in [-0.05, 0) is 28.1 Å². The van der Waals surface area contributed by atoms with E-state index < -0.39 is 0 Å².